The molecule has 0 bridgehead atoms. The fourth-order valence-electron chi connectivity index (χ4n) is 2.52. The van der Waals surface area contributed by atoms with Crippen LogP contribution in [0.3, 0.4) is 0 Å². The highest BCUT2D eigenvalue weighted by Gasteiger charge is 2.32. The lowest BCUT2D eigenvalue weighted by Crippen LogP contribution is -2.40. The van der Waals surface area contributed by atoms with E-state index in [-0.39, 0.29) is 12.0 Å². The quantitative estimate of drug-likeness (QED) is 0.219. The second kappa shape index (κ2) is 10.9. The number of carbonyl (C=O) groups is 1. The summed E-state index contributed by atoms with van der Waals surface area (Å²) >= 11 is 5.74. The van der Waals surface area contributed by atoms with E-state index < -0.39 is 8.32 Å². The van der Waals surface area contributed by atoms with Crippen LogP contribution in [0.4, 0.5) is 0 Å². The van der Waals surface area contributed by atoms with Gasteiger partial charge in [-0.1, -0.05) is 27.7 Å². The largest absolute Gasteiger partial charge is 0.414 e. The first kappa shape index (κ1) is 19.1. The fourth-order valence-corrected chi connectivity index (χ4v) is 5.63. The molecule has 0 heterocycles. The molecule has 0 aromatic heterocycles. The maximum atomic E-state index is 10.9. The number of carbonyl (C=O) groups excluding carboxylic acids is 1. The first-order chi connectivity index (χ1) is 9.07. The molecule has 4 heteroatoms. The summed E-state index contributed by atoms with van der Waals surface area (Å²) in [5.41, 5.74) is 0. The average Bonchev–Trinajstić information content (AvgIpc) is 2.44. The van der Waals surface area contributed by atoms with Crippen LogP contribution in [-0.2, 0) is 9.22 Å². The molecule has 0 aromatic rings. The Hall–Kier alpha value is 0.137. The number of unbranched alkanes of at least 4 members (excludes halogenated alkanes) is 1. The third-order valence-corrected chi connectivity index (χ3v) is 9.09. The summed E-state index contributed by atoms with van der Waals surface area (Å²) in [5, 5.41) is 0. The second-order valence-electron chi connectivity index (χ2n) is 5.52. The molecule has 0 amide bonds. The fraction of sp³-hybridized carbons (Fsp3) is 0.933. The smallest absolute Gasteiger partial charge is 0.192 e. The van der Waals surface area contributed by atoms with Gasteiger partial charge in [0.05, 0.1) is 0 Å². The van der Waals surface area contributed by atoms with Crippen LogP contribution in [0.5, 0.6) is 0 Å². The molecule has 0 saturated carbocycles. The van der Waals surface area contributed by atoms with Gasteiger partial charge < -0.3 is 9.22 Å². The highest BCUT2D eigenvalue weighted by molar-refractivity contribution is 6.73. The lowest BCUT2D eigenvalue weighted by Gasteiger charge is -2.34. The van der Waals surface area contributed by atoms with Crippen molar-refractivity contribution >= 4 is 26.2 Å². The van der Waals surface area contributed by atoms with E-state index >= 15 is 0 Å². The molecule has 19 heavy (non-hydrogen) atoms. The Kier molecular flexibility index (Phi) is 10.9. The minimum Gasteiger partial charge on any atom is -0.414 e. The van der Waals surface area contributed by atoms with Crippen LogP contribution in [0.1, 0.15) is 53.4 Å². The van der Waals surface area contributed by atoms with Crippen LogP contribution in [0.2, 0.25) is 18.1 Å². The zero-order chi connectivity index (χ0) is 14.7. The van der Waals surface area contributed by atoms with Crippen LogP contribution in [0.25, 0.3) is 0 Å². The standard InChI is InChI=1S/C15H31ClO2Si/c1-5-19(6-2,7-3)18-15(10-8-9-11-16)12-14(4)13-17/h13-15H,5-12H2,1-4H3/t14-,15+/m0/s1. The summed E-state index contributed by atoms with van der Waals surface area (Å²) in [6.07, 6.45) is 5.33. The zero-order valence-corrected chi connectivity index (χ0v) is 14.8. The average molecular weight is 307 g/mol. The van der Waals surface area contributed by atoms with Crippen LogP contribution in [0, 0.1) is 5.92 Å². The van der Waals surface area contributed by atoms with Crippen molar-refractivity contribution in [3.05, 3.63) is 0 Å². The maximum absolute atomic E-state index is 10.9. The molecule has 114 valence electrons. The molecule has 2 nitrogen and oxygen atoms in total. The SMILES string of the molecule is CC[Si](CC)(CC)O[C@H](CCCCCl)C[C@H](C)C=O. The van der Waals surface area contributed by atoms with Gasteiger partial charge in [0.25, 0.3) is 0 Å². The van der Waals surface area contributed by atoms with Crippen LogP contribution < -0.4 is 0 Å². The Morgan fingerprint density at radius 1 is 1.16 bits per heavy atom. The van der Waals surface area contributed by atoms with E-state index in [1.54, 1.807) is 0 Å². The van der Waals surface area contributed by atoms with Gasteiger partial charge in [0.1, 0.15) is 6.29 Å². The molecule has 0 spiro atoms. The molecule has 0 radical (unpaired) electrons. The van der Waals surface area contributed by atoms with Gasteiger partial charge in [-0.05, 0) is 43.8 Å². The van der Waals surface area contributed by atoms with Gasteiger partial charge in [-0.3, -0.25) is 0 Å². The van der Waals surface area contributed by atoms with Gasteiger partial charge in [0.2, 0.25) is 0 Å². The second-order valence-corrected chi connectivity index (χ2v) is 10.6. The Labute approximate surface area is 125 Å². The summed E-state index contributed by atoms with van der Waals surface area (Å²) < 4.78 is 6.54. The Morgan fingerprint density at radius 2 is 1.74 bits per heavy atom. The van der Waals surface area contributed by atoms with Crippen molar-refractivity contribution in [3.8, 4) is 0 Å². The molecule has 0 unspecified atom stereocenters. The third-order valence-electron chi connectivity index (χ3n) is 4.13. The lowest BCUT2D eigenvalue weighted by atomic mass is 10.0. The van der Waals surface area contributed by atoms with E-state index in [1.165, 1.54) is 18.1 Å². The highest BCUT2D eigenvalue weighted by atomic mass is 35.5. The molecule has 0 aliphatic rings. The van der Waals surface area contributed by atoms with Gasteiger partial charge in [-0.15, -0.1) is 11.6 Å². The lowest BCUT2D eigenvalue weighted by molar-refractivity contribution is -0.111. The van der Waals surface area contributed by atoms with Crippen molar-refractivity contribution in [2.45, 2.75) is 77.6 Å². The minimum absolute atomic E-state index is 0.0956. The van der Waals surface area contributed by atoms with Crippen molar-refractivity contribution in [3.63, 3.8) is 0 Å². The van der Waals surface area contributed by atoms with Crippen LogP contribution >= 0.6 is 11.6 Å². The summed E-state index contributed by atoms with van der Waals surface area (Å²) in [6, 6.07) is 3.50. The van der Waals surface area contributed by atoms with E-state index in [2.05, 4.69) is 20.8 Å². The monoisotopic (exact) mass is 306 g/mol. The number of hydrogen-bond donors (Lipinski definition) is 0. The summed E-state index contributed by atoms with van der Waals surface area (Å²) in [5.74, 6) is 0.812. The van der Waals surface area contributed by atoms with Gasteiger partial charge >= 0.3 is 0 Å². The molecule has 0 fully saturated rings. The topological polar surface area (TPSA) is 26.3 Å². The van der Waals surface area contributed by atoms with Crippen molar-refractivity contribution in [1.29, 1.82) is 0 Å². The van der Waals surface area contributed by atoms with Crippen LogP contribution in [-0.4, -0.2) is 26.6 Å². The number of aldehydes is 1. The number of rotatable bonds is 12. The molecule has 0 aliphatic heterocycles. The van der Waals surface area contributed by atoms with E-state index in [4.69, 9.17) is 16.0 Å². The molecular formula is C15H31ClO2Si. The van der Waals surface area contributed by atoms with Crippen molar-refractivity contribution in [2.24, 2.45) is 5.92 Å². The normalized spacial score (nSPS) is 15.2. The molecule has 0 rings (SSSR count). The summed E-state index contributed by atoms with van der Waals surface area (Å²) in [4.78, 5) is 10.9. The Balaban J connectivity index is 4.56. The third kappa shape index (κ3) is 7.47. The molecule has 0 N–H and O–H groups in total. The predicted octanol–water partition coefficient (Wildman–Crippen LogP) is 5.01. The maximum Gasteiger partial charge on any atom is 0.192 e. The van der Waals surface area contributed by atoms with Crippen molar-refractivity contribution < 1.29 is 9.22 Å². The van der Waals surface area contributed by atoms with E-state index in [1.807, 2.05) is 6.92 Å². The molecule has 0 saturated heterocycles. The zero-order valence-electron chi connectivity index (χ0n) is 13.1. The Bertz CT molecular complexity index is 224. The number of hydrogen-bond acceptors (Lipinski definition) is 2. The van der Waals surface area contributed by atoms with E-state index in [0.717, 1.165) is 32.0 Å². The molecule has 2 atom stereocenters. The van der Waals surface area contributed by atoms with E-state index in [9.17, 15) is 4.79 Å². The van der Waals surface area contributed by atoms with Gasteiger partial charge in [-0.25, -0.2) is 0 Å². The van der Waals surface area contributed by atoms with Crippen molar-refractivity contribution in [1.82, 2.24) is 0 Å². The van der Waals surface area contributed by atoms with Gasteiger partial charge in [-0.2, -0.15) is 0 Å². The van der Waals surface area contributed by atoms with Gasteiger partial charge in [0, 0.05) is 17.9 Å². The van der Waals surface area contributed by atoms with Crippen LogP contribution in [0.15, 0.2) is 0 Å². The molecule has 0 aromatic carbocycles. The van der Waals surface area contributed by atoms with E-state index in [0.29, 0.717) is 5.88 Å². The number of halogens is 1. The summed E-state index contributed by atoms with van der Waals surface area (Å²) in [7, 11) is -1.57. The molecule has 0 aliphatic carbocycles. The Morgan fingerprint density at radius 3 is 2.16 bits per heavy atom. The predicted molar refractivity (Wildman–Crippen MR) is 86.5 cm³/mol. The highest BCUT2D eigenvalue weighted by Crippen LogP contribution is 2.27. The summed E-state index contributed by atoms with van der Waals surface area (Å²) in [6.45, 7) is 8.73. The van der Waals surface area contributed by atoms with Crippen molar-refractivity contribution in [2.75, 3.05) is 5.88 Å². The first-order valence-corrected chi connectivity index (χ1v) is 10.8. The number of alkyl halides is 1. The minimum atomic E-state index is -1.57. The molecular weight excluding hydrogens is 276 g/mol. The first-order valence-electron chi connectivity index (χ1n) is 7.76. The van der Waals surface area contributed by atoms with Gasteiger partial charge in [0.15, 0.2) is 8.32 Å².